The molecule has 0 unspecified atom stereocenters. The second-order valence-electron chi connectivity index (χ2n) is 4.60. The first kappa shape index (κ1) is 14.8. The fraction of sp³-hybridized carbons (Fsp3) is 0.267. The first-order valence-electron chi connectivity index (χ1n) is 6.68. The molecule has 0 fully saturated rings. The van der Waals surface area contributed by atoms with Gasteiger partial charge in [-0.15, -0.1) is 0 Å². The second kappa shape index (κ2) is 6.69. The van der Waals surface area contributed by atoms with Crippen LogP contribution in [0.5, 0.6) is 0 Å². The number of amides is 1. The Labute approximate surface area is 122 Å². The third-order valence-electron chi connectivity index (χ3n) is 3.12. The van der Waals surface area contributed by atoms with Crippen molar-refractivity contribution in [1.82, 2.24) is 14.7 Å². The molecule has 6 nitrogen and oxygen atoms in total. The van der Waals surface area contributed by atoms with E-state index in [1.807, 2.05) is 36.5 Å². The van der Waals surface area contributed by atoms with Gasteiger partial charge >= 0.3 is 5.97 Å². The van der Waals surface area contributed by atoms with Crippen LogP contribution in [0, 0.1) is 0 Å². The van der Waals surface area contributed by atoms with Gasteiger partial charge in [0.05, 0.1) is 12.1 Å². The van der Waals surface area contributed by atoms with E-state index in [4.69, 9.17) is 5.11 Å². The fourth-order valence-corrected chi connectivity index (χ4v) is 2.01. The molecule has 6 heteroatoms. The molecule has 1 heterocycles. The van der Waals surface area contributed by atoms with Gasteiger partial charge in [0.2, 0.25) is 5.91 Å². The van der Waals surface area contributed by atoms with Crippen LogP contribution in [0.1, 0.15) is 12.5 Å². The van der Waals surface area contributed by atoms with Crippen LogP contribution < -0.4 is 0 Å². The number of carboxylic acids is 1. The lowest BCUT2D eigenvalue weighted by molar-refractivity contribution is -0.144. The fourth-order valence-electron chi connectivity index (χ4n) is 2.01. The van der Waals surface area contributed by atoms with Crippen LogP contribution in [0.4, 0.5) is 0 Å². The number of hydrogen-bond acceptors (Lipinski definition) is 3. The van der Waals surface area contributed by atoms with Crippen LogP contribution >= 0.6 is 0 Å². The van der Waals surface area contributed by atoms with Gasteiger partial charge in [-0.1, -0.05) is 12.1 Å². The third-order valence-corrected chi connectivity index (χ3v) is 3.12. The summed E-state index contributed by atoms with van der Waals surface area (Å²) in [4.78, 5) is 24.1. The summed E-state index contributed by atoms with van der Waals surface area (Å²) in [6, 6.07) is 9.29. The normalized spacial score (nSPS) is 10.3. The molecule has 1 aromatic heterocycles. The summed E-state index contributed by atoms with van der Waals surface area (Å²) >= 11 is 0. The van der Waals surface area contributed by atoms with Crippen molar-refractivity contribution >= 4 is 11.9 Å². The molecule has 0 atom stereocenters. The zero-order valence-corrected chi connectivity index (χ0v) is 11.8. The largest absolute Gasteiger partial charge is 0.480 e. The SMILES string of the molecule is CCN(CC(=O)O)C(=O)Cc1ccc(-n2cccn2)cc1. The van der Waals surface area contributed by atoms with Gasteiger partial charge in [-0.3, -0.25) is 9.59 Å². The summed E-state index contributed by atoms with van der Waals surface area (Å²) in [6.45, 7) is 1.89. The van der Waals surface area contributed by atoms with Gasteiger partial charge in [0.1, 0.15) is 6.54 Å². The van der Waals surface area contributed by atoms with Crippen LogP contribution in [0.2, 0.25) is 0 Å². The minimum absolute atomic E-state index is 0.188. The lowest BCUT2D eigenvalue weighted by Crippen LogP contribution is -2.36. The quantitative estimate of drug-likeness (QED) is 0.870. The number of rotatable bonds is 6. The van der Waals surface area contributed by atoms with E-state index >= 15 is 0 Å². The zero-order valence-electron chi connectivity index (χ0n) is 11.8. The molecular formula is C15H17N3O3. The van der Waals surface area contributed by atoms with Crippen molar-refractivity contribution in [3.63, 3.8) is 0 Å². The number of carboxylic acid groups (broad SMARTS) is 1. The predicted octanol–water partition coefficient (Wildman–Crippen LogP) is 1.35. The summed E-state index contributed by atoms with van der Waals surface area (Å²) < 4.78 is 1.73. The Kier molecular flexibility index (Phi) is 4.71. The van der Waals surface area contributed by atoms with Crippen molar-refractivity contribution in [3.8, 4) is 5.69 Å². The Morgan fingerprint density at radius 2 is 2.00 bits per heavy atom. The number of nitrogens with zero attached hydrogens (tertiary/aromatic N) is 3. The molecule has 2 aromatic rings. The number of likely N-dealkylation sites (N-methyl/N-ethyl adjacent to an activating group) is 1. The number of carbonyl (C=O) groups is 2. The predicted molar refractivity (Wildman–Crippen MR) is 77.2 cm³/mol. The van der Waals surface area contributed by atoms with E-state index < -0.39 is 5.97 Å². The van der Waals surface area contributed by atoms with Crippen molar-refractivity contribution in [1.29, 1.82) is 0 Å². The first-order chi connectivity index (χ1) is 10.1. The minimum atomic E-state index is -1.00. The van der Waals surface area contributed by atoms with E-state index in [-0.39, 0.29) is 18.9 Å². The first-order valence-corrected chi connectivity index (χ1v) is 6.68. The Morgan fingerprint density at radius 1 is 1.29 bits per heavy atom. The van der Waals surface area contributed by atoms with E-state index in [0.717, 1.165) is 11.3 Å². The van der Waals surface area contributed by atoms with Gasteiger partial charge < -0.3 is 10.0 Å². The topological polar surface area (TPSA) is 75.4 Å². The lowest BCUT2D eigenvalue weighted by Gasteiger charge is -2.18. The van der Waals surface area contributed by atoms with E-state index in [9.17, 15) is 9.59 Å². The van der Waals surface area contributed by atoms with Crippen LogP contribution in [0.15, 0.2) is 42.7 Å². The summed E-state index contributed by atoms with van der Waals surface area (Å²) in [5.74, 6) is -1.19. The number of aliphatic carboxylic acids is 1. The smallest absolute Gasteiger partial charge is 0.323 e. The Bertz CT molecular complexity index is 606. The molecule has 0 aliphatic heterocycles. The van der Waals surface area contributed by atoms with Crippen molar-refractivity contribution in [3.05, 3.63) is 48.3 Å². The van der Waals surface area contributed by atoms with E-state index in [0.29, 0.717) is 6.54 Å². The van der Waals surface area contributed by atoms with Gasteiger partial charge in [0, 0.05) is 18.9 Å². The monoisotopic (exact) mass is 287 g/mol. The van der Waals surface area contributed by atoms with E-state index in [2.05, 4.69) is 5.10 Å². The van der Waals surface area contributed by atoms with Crippen molar-refractivity contribution in [2.45, 2.75) is 13.3 Å². The number of carbonyl (C=O) groups excluding carboxylic acids is 1. The third kappa shape index (κ3) is 3.92. The molecule has 21 heavy (non-hydrogen) atoms. The van der Waals surface area contributed by atoms with Gasteiger partial charge in [-0.05, 0) is 30.7 Å². The average molecular weight is 287 g/mol. The van der Waals surface area contributed by atoms with Crippen molar-refractivity contribution < 1.29 is 14.7 Å². The highest BCUT2D eigenvalue weighted by Crippen LogP contribution is 2.10. The van der Waals surface area contributed by atoms with Crippen LogP contribution in [0.3, 0.4) is 0 Å². The summed E-state index contributed by atoms with van der Waals surface area (Å²) in [7, 11) is 0. The number of benzene rings is 1. The average Bonchev–Trinajstić information content (AvgIpc) is 2.99. The maximum Gasteiger partial charge on any atom is 0.323 e. The van der Waals surface area contributed by atoms with E-state index in [1.165, 1.54) is 4.90 Å². The van der Waals surface area contributed by atoms with Crippen molar-refractivity contribution in [2.75, 3.05) is 13.1 Å². The molecule has 0 bridgehead atoms. The molecule has 0 radical (unpaired) electrons. The standard InChI is InChI=1S/C15H17N3O3/c1-2-17(11-15(20)21)14(19)10-12-4-6-13(7-5-12)18-9-3-8-16-18/h3-9H,2,10-11H2,1H3,(H,20,21). The molecule has 0 aliphatic carbocycles. The molecule has 1 amide bonds. The molecule has 1 aromatic carbocycles. The van der Waals surface area contributed by atoms with Gasteiger partial charge in [0.15, 0.2) is 0 Å². The Hall–Kier alpha value is -2.63. The highest BCUT2D eigenvalue weighted by molar-refractivity contribution is 5.83. The van der Waals surface area contributed by atoms with Gasteiger partial charge in [-0.25, -0.2) is 4.68 Å². The van der Waals surface area contributed by atoms with Gasteiger partial charge in [-0.2, -0.15) is 5.10 Å². The molecule has 0 spiro atoms. The van der Waals surface area contributed by atoms with Crippen LogP contribution in [0.25, 0.3) is 5.69 Å². The molecular weight excluding hydrogens is 270 g/mol. The minimum Gasteiger partial charge on any atom is -0.480 e. The molecule has 0 saturated carbocycles. The molecule has 0 saturated heterocycles. The number of aromatic nitrogens is 2. The highest BCUT2D eigenvalue weighted by atomic mass is 16.4. The molecule has 2 rings (SSSR count). The molecule has 110 valence electrons. The van der Waals surface area contributed by atoms with E-state index in [1.54, 1.807) is 17.8 Å². The Balaban J connectivity index is 2.02. The second-order valence-corrected chi connectivity index (χ2v) is 4.60. The molecule has 1 N–H and O–H groups in total. The van der Waals surface area contributed by atoms with Crippen LogP contribution in [-0.4, -0.2) is 44.8 Å². The maximum atomic E-state index is 12.0. The lowest BCUT2D eigenvalue weighted by atomic mass is 10.1. The molecule has 0 aliphatic rings. The van der Waals surface area contributed by atoms with Crippen molar-refractivity contribution in [2.24, 2.45) is 0 Å². The number of hydrogen-bond donors (Lipinski definition) is 1. The summed E-state index contributed by atoms with van der Waals surface area (Å²) in [5, 5.41) is 12.9. The zero-order chi connectivity index (χ0) is 15.2. The Morgan fingerprint density at radius 3 is 2.52 bits per heavy atom. The summed E-state index contributed by atoms with van der Waals surface area (Å²) in [6.07, 6.45) is 3.73. The highest BCUT2D eigenvalue weighted by Gasteiger charge is 2.15. The van der Waals surface area contributed by atoms with Crippen LogP contribution in [-0.2, 0) is 16.0 Å². The van der Waals surface area contributed by atoms with Gasteiger partial charge in [0.25, 0.3) is 0 Å². The summed E-state index contributed by atoms with van der Waals surface area (Å²) in [5.41, 5.74) is 1.76. The maximum absolute atomic E-state index is 12.0.